The molecule has 0 atom stereocenters. The van der Waals surface area contributed by atoms with E-state index in [0.29, 0.717) is 5.92 Å². The van der Waals surface area contributed by atoms with Crippen LogP contribution in [0.3, 0.4) is 0 Å². The van der Waals surface area contributed by atoms with Gasteiger partial charge in [0, 0.05) is 49.9 Å². The number of anilines is 2. The van der Waals surface area contributed by atoms with E-state index in [2.05, 4.69) is 76.3 Å². The van der Waals surface area contributed by atoms with Gasteiger partial charge in [-0.15, -0.1) is 0 Å². The Morgan fingerprint density at radius 3 is 2.48 bits per heavy atom. The highest BCUT2D eigenvalue weighted by molar-refractivity contribution is 5.92. The van der Waals surface area contributed by atoms with Crippen molar-refractivity contribution < 1.29 is 0 Å². The Morgan fingerprint density at radius 1 is 0.966 bits per heavy atom. The van der Waals surface area contributed by atoms with Crippen LogP contribution >= 0.6 is 0 Å². The van der Waals surface area contributed by atoms with Crippen molar-refractivity contribution in [2.75, 3.05) is 50.0 Å². The van der Waals surface area contributed by atoms with Crippen molar-refractivity contribution in [1.82, 2.24) is 19.9 Å². The van der Waals surface area contributed by atoms with E-state index in [1.807, 2.05) is 6.20 Å². The van der Waals surface area contributed by atoms with Gasteiger partial charge in [-0.05, 0) is 49.2 Å². The molecule has 6 heteroatoms. The van der Waals surface area contributed by atoms with Crippen molar-refractivity contribution in [3.05, 3.63) is 42.9 Å². The first-order valence-corrected chi connectivity index (χ1v) is 10.5. The zero-order valence-corrected chi connectivity index (χ0v) is 17.6. The lowest BCUT2D eigenvalue weighted by atomic mass is 10.0. The monoisotopic (exact) mass is 390 g/mol. The highest BCUT2D eigenvalue weighted by atomic mass is 15.3. The van der Waals surface area contributed by atoms with Gasteiger partial charge in [0.15, 0.2) is 0 Å². The largest absolute Gasteiger partial charge is 0.369 e. The first kappa shape index (κ1) is 19.6. The third kappa shape index (κ3) is 4.65. The van der Waals surface area contributed by atoms with Gasteiger partial charge in [0.05, 0.1) is 5.52 Å². The molecule has 6 nitrogen and oxygen atoms in total. The van der Waals surface area contributed by atoms with Crippen LogP contribution in [0, 0.1) is 5.92 Å². The van der Waals surface area contributed by atoms with Crippen LogP contribution in [-0.2, 0) is 0 Å². The van der Waals surface area contributed by atoms with Gasteiger partial charge in [0.25, 0.3) is 0 Å². The molecule has 1 aliphatic heterocycles. The van der Waals surface area contributed by atoms with Crippen molar-refractivity contribution in [2.24, 2.45) is 5.92 Å². The van der Waals surface area contributed by atoms with Gasteiger partial charge >= 0.3 is 0 Å². The molecule has 1 saturated heterocycles. The molecule has 3 aromatic rings. The maximum atomic E-state index is 4.74. The lowest BCUT2D eigenvalue weighted by molar-refractivity contribution is 0.312. The molecule has 0 amide bonds. The predicted molar refractivity (Wildman–Crippen MR) is 120 cm³/mol. The highest BCUT2D eigenvalue weighted by Gasteiger charge is 2.15. The number of aromatic nitrogens is 3. The molecule has 1 fully saturated rings. The number of hydrogen-bond donors (Lipinski definition) is 1. The molecular weight excluding hydrogens is 360 g/mol. The lowest BCUT2D eigenvalue weighted by Gasteiger charge is -2.33. The summed E-state index contributed by atoms with van der Waals surface area (Å²) in [4.78, 5) is 18.3. The van der Waals surface area contributed by atoms with Crippen molar-refractivity contribution >= 4 is 22.5 Å². The van der Waals surface area contributed by atoms with E-state index in [-0.39, 0.29) is 0 Å². The second kappa shape index (κ2) is 8.74. The molecule has 2 aromatic heterocycles. The number of fused-ring (bicyclic) bond motifs is 1. The molecule has 1 aliphatic rings. The van der Waals surface area contributed by atoms with Gasteiger partial charge in [-0.25, -0.2) is 15.0 Å². The zero-order valence-electron chi connectivity index (χ0n) is 17.6. The van der Waals surface area contributed by atoms with Crippen LogP contribution in [0.5, 0.6) is 0 Å². The molecule has 29 heavy (non-hydrogen) atoms. The van der Waals surface area contributed by atoms with Gasteiger partial charge < -0.3 is 15.1 Å². The molecule has 0 spiro atoms. The Kier molecular flexibility index (Phi) is 5.90. The van der Waals surface area contributed by atoms with Crippen LogP contribution in [0.1, 0.15) is 20.3 Å². The lowest BCUT2D eigenvalue weighted by Crippen LogP contribution is -2.44. The topological polar surface area (TPSA) is 57.2 Å². The van der Waals surface area contributed by atoms with Crippen LogP contribution in [-0.4, -0.2) is 59.6 Å². The second-order valence-electron chi connectivity index (χ2n) is 8.26. The van der Waals surface area contributed by atoms with Crippen molar-refractivity contribution in [1.29, 1.82) is 0 Å². The van der Waals surface area contributed by atoms with E-state index in [1.165, 1.54) is 0 Å². The van der Waals surface area contributed by atoms with Gasteiger partial charge in [-0.2, -0.15) is 0 Å². The number of benzene rings is 1. The Balaban J connectivity index is 1.55. The summed E-state index contributed by atoms with van der Waals surface area (Å²) in [5, 5.41) is 4.53. The third-order valence-corrected chi connectivity index (χ3v) is 5.56. The SMILES string of the molecule is CC(C)CCNc1ncnc2ccc(-c3ccc(N4CCN(C)CC4)nc3)cc12. The zero-order chi connectivity index (χ0) is 20.2. The number of nitrogens with one attached hydrogen (secondary N) is 1. The first-order valence-electron chi connectivity index (χ1n) is 10.5. The fraction of sp³-hybridized carbons (Fsp3) is 0.435. The number of likely N-dealkylation sites (N-methyl/N-ethyl adjacent to an activating group) is 1. The standard InChI is InChI=1S/C23H30N6/c1-17(2)8-9-24-23-20-14-18(4-6-21(20)26-16-27-23)19-5-7-22(25-15-19)29-12-10-28(3)11-13-29/h4-7,14-17H,8-13H2,1-3H3,(H,24,26,27). The summed E-state index contributed by atoms with van der Waals surface area (Å²) in [6, 6.07) is 10.6. The Bertz CT molecular complexity index is 945. The molecule has 0 saturated carbocycles. The van der Waals surface area contributed by atoms with Crippen molar-refractivity contribution in [2.45, 2.75) is 20.3 Å². The van der Waals surface area contributed by atoms with Gasteiger partial charge in [0.2, 0.25) is 0 Å². The third-order valence-electron chi connectivity index (χ3n) is 5.56. The summed E-state index contributed by atoms with van der Waals surface area (Å²) in [6.45, 7) is 9.60. The minimum atomic E-state index is 0.663. The number of piperazine rings is 1. The minimum absolute atomic E-state index is 0.663. The fourth-order valence-electron chi connectivity index (χ4n) is 3.64. The highest BCUT2D eigenvalue weighted by Crippen LogP contribution is 2.27. The molecular formula is C23H30N6. The van der Waals surface area contributed by atoms with E-state index in [1.54, 1.807) is 6.33 Å². The van der Waals surface area contributed by atoms with Crippen LogP contribution in [0.4, 0.5) is 11.6 Å². The number of pyridine rings is 1. The Morgan fingerprint density at radius 2 is 1.76 bits per heavy atom. The summed E-state index contributed by atoms with van der Waals surface area (Å²) in [5.41, 5.74) is 3.20. The van der Waals surface area contributed by atoms with Crippen molar-refractivity contribution in [3.63, 3.8) is 0 Å². The Labute approximate surface area is 173 Å². The van der Waals surface area contributed by atoms with Gasteiger partial charge in [0.1, 0.15) is 18.0 Å². The van der Waals surface area contributed by atoms with Gasteiger partial charge in [-0.1, -0.05) is 19.9 Å². The normalized spacial score (nSPS) is 15.2. The molecule has 0 aliphatic carbocycles. The average molecular weight is 391 g/mol. The van der Waals surface area contributed by atoms with Crippen LogP contribution < -0.4 is 10.2 Å². The molecule has 0 bridgehead atoms. The molecule has 3 heterocycles. The fourth-order valence-corrected chi connectivity index (χ4v) is 3.64. The van der Waals surface area contributed by atoms with E-state index < -0.39 is 0 Å². The summed E-state index contributed by atoms with van der Waals surface area (Å²) < 4.78 is 0. The second-order valence-corrected chi connectivity index (χ2v) is 8.26. The summed E-state index contributed by atoms with van der Waals surface area (Å²) >= 11 is 0. The summed E-state index contributed by atoms with van der Waals surface area (Å²) in [5.74, 6) is 2.62. The first-order chi connectivity index (χ1) is 14.1. The number of hydrogen-bond acceptors (Lipinski definition) is 6. The maximum Gasteiger partial charge on any atom is 0.137 e. The van der Waals surface area contributed by atoms with Crippen LogP contribution in [0.2, 0.25) is 0 Å². The van der Waals surface area contributed by atoms with Crippen molar-refractivity contribution in [3.8, 4) is 11.1 Å². The Hall–Kier alpha value is -2.73. The molecule has 152 valence electrons. The molecule has 0 radical (unpaired) electrons. The molecule has 0 unspecified atom stereocenters. The van der Waals surface area contributed by atoms with Crippen LogP contribution in [0.25, 0.3) is 22.0 Å². The van der Waals surface area contributed by atoms with E-state index in [9.17, 15) is 0 Å². The van der Waals surface area contributed by atoms with Gasteiger partial charge in [-0.3, -0.25) is 0 Å². The van der Waals surface area contributed by atoms with Crippen LogP contribution in [0.15, 0.2) is 42.9 Å². The minimum Gasteiger partial charge on any atom is -0.369 e. The average Bonchev–Trinajstić information content (AvgIpc) is 2.74. The summed E-state index contributed by atoms with van der Waals surface area (Å²) in [6.07, 6.45) is 4.72. The molecule has 1 aromatic carbocycles. The van der Waals surface area contributed by atoms with E-state index in [0.717, 1.165) is 72.8 Å². The van der Waals surface area contributed by atoms with E-state index >= 15 is 0 Å². The molecule has 1 N–H and O–H groups in total. The maximum absolute atomic E-state index is 4.74. The van der Waals surface area contributed by atoms with E-state index in [4.69, 9.17) is 4.98 Å². The summed E-state index contributed by atoms with van der Waals surface area (Å²) in [7, 11) is 2.17. The smallest absolute Gasteiger partial charge is 0.137 e. The molecule has 4 rings (SSSR count). The number of rotatable bonds is 6. The quantitative estimate of drug-likeness (QED) is 0.689. The predicted octanol–water partition coefficient (Wildman–Crippen LogP) is 3.90. The number of nitrogens with zero attached hydrogens (tertiary/aromatic N) is 5.